The molecule has 2 atom stereocenters. The van der Waals surface area contributed by atoms with E-state index in [0.29, 0.717) is 25.2 Å². The molecule has 1 saturated carbocycles. The van der Waals surface area contributed by atoms with Crippen molar-refractivity contribution in [2.24, 2.45) is 11.8 Å². The number of carbonyl (C=O) groups excluding carboxylic acids is 2. The second kappa shape index (κ2) is 2.88. The molecule has 0 aromatic rings. The standard InChI is InChI=1S/C9H12O3/c10-7-2-1-6(5-7)8-3-4-12-9(8)11/h6,8H,1-5H2/t6-,8-/m0/s1. The summed E-state index contributed by atoms with van der Waals surface area (Å²) < 4.78 is 4.86. The molecule has 3 heteroatoms. The Labute approximate surface area is 71.1 Å². The van der Waals surface area contributed by atoms with Gasteiger partial charge in [-0.1, -0.05) is 0 Å². The Kier molecular flexibility index (Phi) is 1.87. The van der Waals surface area contributed by atoms with Gasteiger partial charge in [-0.2, -0.15) is 0 Å². The van der Waals surface area contributed by atoms with Crippen molar-refractivity contribution in [3.8, 4) is 0 Å². The maximum absolute atomic E-state index is 11.1. The van der Waals surface area contributed by atoms with Crippen LogP contribution in [0.15, 0.2) is 0 Å². The van der Waals surface area contributed by atoms with Crippen molar-refractivity contribution < 1.29 is 14.3 Å². The maximum atomic E-state index is 11.1. The number of ketones is 1. The van der Waals surface area contributed by atoms with Gasteiger partial charge >= 0.3 is 5.97 Å². The number of cyclic esters (lactones) is 1. The van der Waals surface area contributed by atoms with Crippen LogP contribution in [0.4, 0.5) is 0 Å². The van der Waals surface area contributed by atoms with Crippen LogP contribution in [-0.2, 0) is 14.3 Å². The average Bonchev–Trinajstić information content (AvgIpc) is 2.58. The second-order valence-corrected chi connectivity index (χ2v) is 3.60. The average molecular weight is 168 g/mol. The first-order chi connectivity index (χ1) is 5.77. The van der Waals surface area contributed by atoms with E-state index in [9.17, 15) is 9.59 Å². The molecular formula is C9H12O3. The first-order valence-corrected chi connectivity index (χ1v) is 4.45. The molecule has 0 aromatic carbocycles. The lowest BCUT2D eigenvalue weighted by atomic mass is 9.90. The molecule has 66 valence electrons. The molecule has 0 spiro atoms. The molecule has 12 heavy (non-hydrogen) atoms. The monoisotopic (exact) mass is 168 g/mol. The van der Waals surface area contributed by atoms with Crippen LogP contribution < -0.4 is 0 Å². The van der Waals surface area contributed by atoms with Crippen molar-refractivity contribution >= 4 is 11.8 Å². The number of rotatable bonds is 1. The third-order valence-electron chi connectivity index (χ3n) is 2.83. The zero-order chi connectivity index (χ0) is 8.55. The van der Waals surface area contributed by atoms with E-state index in [4.69, 9.17) is 4.74 Å². The first kappa shape index (κ1) is 7.77. The lowest BCUT2D eigenvalue weighted by Gasteiger charge is -2.11. The van der Waals surface area contributed by atoms with Crippen molar-refractivity contribution in [3.05, 3.63) is 0 Å². The minimum Gasteiger partial charge on any atom is -0.465 e. The van der Waals surface area contributed by atoms with E-state index in [1.807, 2.05) is 0 Å². The number of esters is 1. The van der Waals surface area contributed by atoms with Gasteiger partial charge in [0.2, 0.25) is 0 Å². The molecule has 3 nitrogen and oxygen atoms in total. The van der Waals surface area contributed by atoms with E-state index in [1.54, 1.807) is 0 Å². The summed E-state index contributed by atoms with van der Waals surface area (Å²) in [6.07, 6.45) is 2.96. The number of carbonyl (C=O) groups is 2. The van der Waals surface area contributed by atoms with Gasteiger partial charge in [0.1, 0.15) is 5.78 Å². The molecule has 0 aromatic heterocycles. The summed E-state index contributed by atoms with van der Waals surface area (Å²) in [4.78, 5) is 22.1. The number of hydrogen-bond acceptors (Lipinski definition) is 3. The van der Waals surface area contributed by atoms with Crippen LogP contribution in [0.2, 0.25) is 0 Å². The quantitative estimate of drug-likeness (QED) is 0.547. The van der Waals surface area contributed by atoms with E-state index in [0.717, 1.165) is 12.8 Å². The first-order valence-electron chi connectivity index (χ1n) is 4.45. The molecule has 1 aliphatic heterocycles. The van der Waals surface area contributed by atoms with E-state index >= 15 is 0 Å². The van der Waals surface area contributed by atoms with Crippen LogP contribution in [0, 0.1) is 11.8 Å². The highest BCUT2D eigenvalue weighted by Crippen LogP contribution is 2.34. The van der Waals surface area contributed by atoms with Gasteiger partial charge in [0, 0.05) is 12.8 Å². The highest BCUT2D eigenvalue weighted by molar-refractivity contribution is 5.82. The van der Waals surface area contributed by atoms with E-state index in [2.05, 4.69) is 0 Å². The fourth-order valence-corrected chi connectivity index (χ4v) is 2.13. The van der Waals surface area contributed by atoms with Gasteiger partial charge in [-0.3, -0.25) is 9.59 Å². The summed E-state index contributed by atoms with van der Waals surface area (Å²) in [5.41, 5.74) is 0. The van der Waals surface area contributed by atoms with Crippen LogP contribution >= 0.6 is 0 Å². The molecule has 2 rings (SSSR count). The van der Waals surface area contributed by atoms with Crippen LogP contribution in [-0.4, -0.2) is 18.4 Å². The Bertz CT molecular complexity index is 222. The van der Waals surface area contributed by atoms with Gasteiger partial charge in [0.25, 0.3) is 0 Å². The largest absolute Gasteiger partial charge is 0.465 e. The molecule has 0 amide bonds. The molecule has 0 bridgehead atoms. The Hall–Kier alpha value is -0.860. The van der Waals surface area contributed by atoms with Crippen molar-refractivity contribution in [3.63, 3.8) is 0 Å². The Morgan fingerprint density at radius 3 is 2.58 bits per heavy atom. The zero-order valence-corrected chi connectivity index (χ0v) is 6.91. The molecule has 0 radical (unpaired) electrons. The molecular weight excluding hydrogens is 156 g/mol. The van der Waals surface area contributed by atoms with E-state index in [1.165, 1.54) is 0 Å². The van der Waals surface area contributed by atoms with Gasteiger partial charge in [-0.05, 0) is 18.8 Å². The summed E-state index contributed by atoms with van der Waals surface area (Å²) in [5.74, 6) is 0.526. The lowest BCUT2D eigenvalue weighted by Crippen LogP contribution is -2.17. The summed E-state index contributed by atoms with van der Waals surface area (Å²) in [6.45, 7) is 0.550. The van der Waals surface area contributed by atoms with Gasteiger partial charge in [0.15, 0.2) is 0 Å². The fraction of sp³-hybridized carbons (Fsp3) is 0.778. The predicted molar refractivity (Wildman–Crippen MR) is 41.4 cm³/mol. The molecule has 1 aliphatic carbocycles. The molecule has 0 unspecified atom stereocenters. The molecule has 0 N–H and O–H groups in total. The smallest absolute Gasteiger partial charge is 0.309 e. The number of hydrogen-bond donors (Lipinski definition) is 0. The Morgan fingerprint density at radius 1 is 1.25 bits per heavy atom. The van der Waals surface area contributed by atoms with Crippen LogP contribution in [0.5, 0.6) is 0 Å². The number of ether oxygens (including phenoxy) is 1. The van der Waals surface area contributed by atoms with Gasteiger partial charge in [-0.25, -0.2) is 0 Å². The second-order valence-electron chi connectivity index (χ2n) is 3.60. The summed E-state index contributed by atoms with van der Waals surface area (Å²) in [6, 6.07) is 0. The van der Waals surface area contributed by atoms with E-state index in [-0.39, 0.29) is 17.8 Å². The van der Waals surface area contributed by atoms with Crippen LogP contribution in [0.3, 0.4) is 0 Å². The highest BCUT2D eigenvalue weighted by atomic mass is 16.5. The topological polar surface area (TPSA) is 43.4 Å². The van der Waals surface area contributed by atoms with Crippen molar-refractivity contribution in [2.45, 2.75) is 25.7 Å². The van der Waals surface area contributed by atoms with Crippen LogP contribution in [0.1, 0.15) is 25.7 Å². The third kappa shape index (κ3) is 1.24. The predicted octanol–water partition coefficient (Wildman–Crippen LogP) is 0.919. The summed E-state index contributed by atoms with van der Waals surface area (Å²) in [5, 5.41) is 0. The number of Topliss-reactive ketones (excluding diaryl/α,β-unsaturated/α-hetero) is 1. The highest BCUT2D eigenvalue weighted by Gasteiger charge is 2.37. The van der Waals surface area contributed by atoms with Crippen molar-refractivity contribution in [2.75, 3.05) is 6.61 Å². The molecule has 2 aliphatic rings. The Balaban J connectivity index is 2.00. The lowest BCUT2D eigenvalue weighted by molar-refractivity contribution is -0.142. The molecule has 2 fully saturated rings. The fourth-order valence-electron chi connectivity index (χ4n) is 2.13. The van der Waals surface area contributed by atoms with Gasteiger partial charge < -0.3 is 4.74 Å². The maximum Gasteiger partial charge on any atom is 0.309 e. The molecule has 1 saturated heterocycles. The third-order valence-corrected chi connectivity index (χ3v) is 2.83. The SMILES string of the molecule is O=C1CC[C@H]([C@@H]2CCOC2=O)C1. The van der Waals surface area contributed by atoms with Gasteiger partial charge in [0.05, 0.1) is 12.5 Å². The normalized spacial score (nSPS) is 35.7. The minimum atomic E-state index is -0.0882. The van der Waals surface area contributed by atoms with Crippen molar-refractivity contribution in [1.82, 2.24) is 0 Å². The van der Waals surface area contributed by atoms with E-state index < -0.39 is 0 Å². The zero-order valence-electron chi connectivity index (χ0n) is 6.91. The molecule has 1 heterocycles. The summed E-state index contributed by atoms with van der Waals surface area (Å²) >= 11 is 0. The van der Waals surface area contributed by atoms with Crippen molar-refractivity contribution in [1.29, 1.82) is 0 Å². The Morgan fingerprint density at radius 2 is 2.08 bits per heavy atom. The summed E-state index contributed by atoms with van der Waals surface area (Å²) in [7, 11) is 0. The minimum absolute atomic E-state index is 0.0245. The van der Waals surface area contributed by atoms with Gasteiger partial charge in [-0.15, -0.1) is 0 Å². The van der Waals surface area contributed by atoms with Crippen LogP contribution in [0.25, 0.3) is 0 Å².